The zero-order valence-corrected chi connectivity index (χ0v) is 14.3. The van der Waals surface area contributed by atoms with E-state index in [0.29, 0.717) is 35.4 Å². The van der Waals surface area contributed by atoms with Gasteiger partial charge >= 0.3 is 0 Å². The quantitative estimate of drug-likeness (QED) is 0.756. The molecular weight excluding hydrogens is 358 g/mol. The van der Waals surface area contributed by atoms with Crippen molar-refractivity contribution in [2.24, 2.45) is 0 Å². The van der Waals surface area contributed by atoms with Crippen LogP contribution in [0.4, 0.5) is 5.69 Å². The van der Waals surface area contributed by atoms with E-state index in [0.717, 1.165) is 11.3 Å². The zero-order chi connectivity index (χ0) is 17.9. The van der Waals surface area contributed by atoms with Gasteiger partial charge in [0.25, 0.3) is 0 Å². The summed E-state index contributed by atoms with van der Waals surface area (Å²) in [5.74, 6) is 0.936. The summed E-state index contributed by atoms with van der Waals surface area (Å²) < 4.78 is 12.5. The van der Waals surface area contributed by atoms with Crippen molar-refractivity contribution < 1.29 is 14.3 Å². The summed E-state index contributed by atoms with van der Waals surface area (Å²) in [5, 5.41) is 14.3. The fourth-order valence-electron chi connectivity index (χ4n) is 2.63. The van der Waals surface area contributed by atoms with Crippen LogP contribution >= 0.6 is 11.6 Å². The molecule has 1 N–H and O–H groups in total. The highest BCUT2D eigenvalue weighted by atomic mass is 35.5. The van der Waals surface area contributed by atoms with Gasteiger partial charge in [0.05, 0.1) is 17.1 Å². The number of benzene rings is 2. The fraction of sp³-hybridized carbons (Fsp3) is 0.176. The summed E-state index contributed by atoms with van der Waals surface area (Å²) in [6.07, 6.45) is 1.67. The van der Waals surface area contributed by atoms with Crippen LogP contribution in [0.5, 0.6) is 11.5 Å². The molecule has 0 spiro atoms. The van der Waals surface area contributed by atoms with E-state index in [2.05, 4.69) is 20.8 Å². The van der Waals surface area contributed by atoms with Crippen LogP contribution in [0.2, 0.25) is 5.02 Å². The van der Waals surface area contributed by atoms with Crippen molar-refractivity contribution in [1.29, 1.82) is 0 Å². The Morgan fingerprint density at radius 2 is 2.00 bits per heavy atom. The average Bonchev–Trinajstić information content (AvgIpc) is 3.17. The Morgan fingerprint density at radius 3 is 2.77 bits per heavy atom. The third-order valence-electron chi connectivity index (χ3n) is 3.79. The van der Waals surface area contributed by atoms with E-state index in [1.54, 1.807) is 24.3 Å². The van der Waals surface area contributed by atoms with E-state index >= 15 is 0 Å². The molecule has 0 saturated heterocycles. The molecule has 0 unspecified atom stereocenters. The van der Waals surface area contributed by atoms with Crippen LogP contribution < -0.4 is 14.8 Å². The number of hydrogen-bond donors (Lipinski definition) is 1. The molecule has 1 aromatic heterocycles. The first-order valence-corrected chi connectivity index (χ1v) is 8.28. The summed E-state index contributed by atoms with van der Waals surface area (Å²) in [5.41, 5.74) is 2.23. The Morgan fingerprint density at radius 1 is 1.19 bits per heavy atom. The molecule has 4 rings (SSSR count). The molecule has 1 amide bonds. The predicted molar refractivity (Wildman–Crippen MR) is 93.9 cm³/mol. The van der Waals surface area contributed by atoms with Gasteiger partial charge in [0, 0.05) is 5.69 Å². The lowest BCUT2D eigenvalue weighted by Gasteiger charge is -2.20. The fourth-order valence-corrected chi connectivity index (χ4v) is 2.92. The first-order valence-electron chi connectivity index (χ1n) is 7.90. The maximum Gasteiger partial charge on any atom is 0.228 e. The second-order valence-electron chi connectivity index (χ2n) is 5.63. The number of aromatic nitrogens is 4. The van der Waals surface area contributed by atoms with Gasteiger partial charge < -0.3 is 14.8 Å². The Bertz CT molecular complexity index is 928. The average molecular weight is 372 g/mol. The third-order valence-corrected chi connectivity index (χ3v) is 4.07. The smallest absolute Gasteiger partial charge is 0.228 e. The number of tetrazole rings is 1. The molecule has 132 valence electrons. The minimum Gasteiger partial charge on any atom is -0.486 e. The number of fused-ring (bicyclic) bond motifs is 1. The Labute approximate surface area is 153 Å². The highest BCUT2D eigenvalue weighted by Gasteiger charge is 2.17. The minimum atomic E-state index is -0.159. The van der Waals surface area contributed by atoms with Gasteiger partial charge in [-0.1, -0.05) is 11.6 Å². The van der Waals surface area contributed by atoms with E-state index in [1.807, 2.05) is 12.1 Å². The van der Waals surface area contributed by atoms with E-state index in [1.165, 1.54) is 11.0 Å². The number of rotatable bonds is 4. The van der Waals surface area contributed by atoms with Crippen molar-refractivity contribution in [1.82, 2.24) is 20.2 Å². The number of nitrogens with zero attached hydrogens (tertiary/aromatic N) is 4. The van der Waals surface area contributed by atoms with E-state index in [9.17, 15) is 4.79 Å². The molecule has 0 bridgehead atoms. The van der Waals surface area contributed by atoms with Gasteiger partial charge in [-0.3, -0.25) is 4.79 Å². The van der Waals surface area contributed by atoms with Gasteiger partial charge in [-0.2, -0.15) is 0 Å². The molecular formula is C17H14ClN5O3. The summed E-state index contributed by atoms with van der Waals surface area (Å²) in [7, 11) is 0. The number of halogens is 1. The lowest BCUT2D eigenvalue weighted by molar-refractivity contribution is -0.115. The zero-order valence-electron chi connectivity index (χ0n) is 13.6. The van der Waals surface area contributed by atoms with Crippen LogP contribution in [-0.2, 0) is 11.2 Å². The highest BCUT2D eigenvalue weighted by molar-refractivity contribution is 6.32. The first kappa shape index (κ1) is 16.3. The van der Waals surface area contributed by atoms with Gasteiger partial charge in [0.2, 0.25) is 5.91 Å². The van der Waals surface area contributed by atoms with Crippen LogP contribution in [0.1, 0.15) is 5.56 Å². The number of ether oxygens (including phenoxy) is 2. The van der Waals surface area contributed by atoms with E-state index < -0.39 is 0 Å². The van der Waals surface area contributed by atoms with Crippen molar-refractivity contribution in [2.75, 3.05) is 18.5 Å². The van der Waals surface area contributed by atoms with Crippen LogP contribution in [0.3, 0.4) is 0 Å². The van der Waals surface area contributed by atoms with Gasteiger partial charge in [-0.15, -0.1) is 5.10 Å². The Hall–Kier alpha value is -3.13. The third kappa shape index (κ3) is 3.45. The molecule has 9 heteroatoms. The molecule has 2 aromatic carbocycles. The predicted octanol–water partition coefficient (Wildman–Crippen LogP) is 2.27. The summed E-state index contributed by atoms with van der Waals surface area (Å²) in [4.78, 5) is 12.3. The molecule has 0 atom stereocenters. The SMILES string of the molecule is O=C(Cc1cc(Cl)c2c(c1)OCCO2)Nc1ccc(-n2cnnn2)cc1. The molecule has 0 fully saturated rings. The molecule has 26 heavy (non-hydrogen) atoms. The van der Waals surface area contributed by atoms with Crippen molar-refractivity contribution in [3.63, 3.8) is 0 Å². The summed E-state index contributed by atoms with van der Waals surface area (Å²) in [6, 6.07) is 10.7. The second-order valence-corrected chi connectivity index (χ2v) is 6.04. The lowest BCUT2D eigenvalue weighted by Crippen LogP contribution is -2.17. The number of nitrogens with one attached hydrogen (secondary N) is 1. The molecule has 0 saturated carbocycles. The molecule has 3 aromatic rings. The standard InChI is InChI=1S/C17H14ClN5O3/c18-14-7-11(8-15-17(14)26-6-5-25-15)9-16(24)20-12-1-3-13(4-2-12)23-10-19-21-22-23/h1-4,7-8,10H,5-6,9H2,(H,20,24). The maximum atomic E-state index is 12.3. The van der Waals surface area contributed by atoms with Crippen LogP contribution in [-0.4, -0.2) is 39.3 Å². The number of amides is 1. The number of hydrogen-bond acceptors (Lipinski definition) is 6. The van der Waals surface area contributed by atoms with E-state index in [-0.39, 0.29) is 12.3 Å². The van der Waals surface area contributed by atoms with Crippen LogP contribution in [0, 0.1) is 0 Å². The molecule has 2 heterocycles. The van der Waals surface area contributed by atoms with Gasteiger partial charge in [0.15, 0.2) is 11.5 Å². The number of carbonyl (C=O) groups is 1. The maximum absolute atomic E-state index is 12.3. The number of anilines is 1. The first-order chi connectivity index (χ1) is 12.7. The van der Waals surface area contributed by atoms with Crippen LogP contribution in [0.15, 0.2) is 42.7 Å². The number of carbonyl (C=O) groups excluding carboxylic acids is 1. The minimum absolute atomic E-state index is 0.159. The van der Waals surface area contributed by atoms with Crippen molar-refractivity contribution >= 4 is 23.2 Å². The van der Waals surface area contributed by atoms with E-state index in [4.69, 9.17) is 21.1 Å². The monoisotopic (exact) mass is 371 g/mol. The van der Waals surface area contributed by atoms with Gasteiger partial charge in [-0.25, -0.2) is 4.68 Å². The van der Waals surface area contributed by atoms with Gasteiger partial charge in [0.1, 0.15) is 19.5 Å². The molecule has 1 aliphatic heterocycles. The summed E-state index contributed by atoms with van der Waals surface area (Å²) in [6.45, 7) is 0.930. The van der Waals surface area contributed by atoms with Crippen molar-refractivity contribution in [3.8, 4) is 17.2 Å². The molecule has 0 aliphatic carbocycles. The topological polar surface area (TPSA) is 91.2 Å². The molecule has 8 nitrogen and oxygen atoms in total. The van der Waals surface area contributed by atoms with Gasteiger partial charge in [-0.05, 0) is 52.4 Å². The Kier molecular flexibility index (Phi) is 4.40. The van der Waals surface area contributed by atoms with Crippen molar-refractivity contribution in [3.05, 3.63) is 53.3 Å². The summed E-state index contributed by atoms with van der Waals surface area (Å²) >= 11 is 6.20. The highest BCUT2D eigenvalue weighted by Crippen LogP contribution is 2.38. The largest absolute Gasteiger partial charge is 0.486 e. The van der Waals surface area contributed by atoms with Crippen molar-refractivity contribution in [2.45, 2.75) is 6.42 Å². The van der Waals surface area contributed by atoms with Crippen LogP contribution in [0.25, 0.3) is 5.69 Å². The lowest BCUT2D eigenvalue weighted by atomic mass is 10.1. The second kappa shape index (κ2) is 7.01. The molecule has 0 radical (unpaired) electrons. The normalized spacial score (nSPS) is 12.7. The molecule has 1 aliphatic rings. The Balaban J connectivity index is 1.43.